The Hall–Kier alpha value is -2.74. The van der Waals surface area contributed by atoms with Crippen molar-refractivity contribution in [3.05, 3.63) is 54.1 Å². The predicted octanol–water partition coefficient (Wildman–Crippen LogP) is 3.64. The standard InChI is InChI=1S/C20H22BrNO6/c1-25-16-7-9-18(10-8-16)28-20(24)22(14-19(23)26-2)13-15-3-5-17(6-4-15)27-12-11-21/h3-10H,11-14H2,1-2H3. The van der Waals surface area contributed by atoms with Gasteiger partial charge in [-0.2, -0.15) is 0 Å². The number of methoxy groups -OCH3 is 2. The van der Waals surface area contributed by atoms with E-state index in [1.165, 1.54) is 12.0 Å². The lowest BCUT2D eigenvalue weighted by Gasteiger charge is -2.21. The van der Waals surface area contributed by atoms with Crippen LogP contribution in [0.25, 0.3) is 0 Å². The van der Waals surface area contributed by atoms with Crippen molar-refractivity contribution in [1.29, 1.82) is 0 Å². The van der Waals surface area contributed by atoms with E-state index in [1.807, 2.05) is 24.3 Å². The van der Waals surface area contributed by atoms with Crippen LogP contribution in [0, 0.1) is 0 Å². The van der Waals surface area contributed by atoms with E-state index in [-0.39, 0.29) is 13.1 Å². The van der Waals surface area contributed by atoms with Crippen molar-refractivity contribution in [2.75, 3.05) is 32.7 Å². The van der Waals surface area contributed by atoms with Crippen molar-refractivity contribution in [1.82, 2.24) is 4.90 Å². The van der Waals surface area contributed by atoms with Gasteiger partial charge in [0.05, 0.1) is 20.8 Å². The summed E-state index contributed by atoms with van der Waals surface area (Å²) in [5.74, 6) is 1.18. The van der Waals surface area contributed by atoms with Gasteiger partial charge in [0.15, 0.2) is 0 Å². The quantitative estimate of drug-likeness (QED) is 0.427. The Morgan fingerprint density at radius 2 is 1.54 bits per heavy atom. The molecule has 0 aliphatic heterocycles. The fourth-order valence-electron chi connectivity index (χ4n) is 2.28. The van der Waals surface area contributed by atoms with Gasteiger partial charge in [-0.05, 0) is 42.0 Å². The van der Waals surface area contributed by atoms with Gasteiger partial charge in [-0.1, -0.05) is 28.1 Å². The largest absolute Gasteiger partial charge is 0.497 e. The molecule has 2 rings (SSSR count). The van der Waals surface area contributed by atoms with Crippen molar-refractivity contribution in [3.8, 4) is 17.2 Å². The van der Waals surface area contributed by atoms with Crippen LogP contribution in [0.5, 0.6) is 17.2 Å². The second-order valence-corrected chi connectivity index (χ2v) is 6.45. The molecule has 2 aromatic carbocycles. The summed E-state index contributed by atoms with van der Waals surface area (Å²) in [5, 5.41) is 0.735. The van der Waals surface area contributed by atoms with Gasteiger partial charge in [-0.15, -0.1) is 0 Å². The van der Waals surface area contributed by atoms with Crippen LogP contribution >= 0.6 is 15.9 Å². The number of amides is 1. The van der Waals surface area contributed by atoms with Gasteiger partial charge in [0, 0.05) is 11.9 Å². The van der Waals surface area contributed by atoms with Crippen LogP contribution in [0.15, 0.2) is 48.5 Å². The Balaban J connectivity index is 2.07. The van der Waals surface area contributed by atoms with Crippen molar-refractivity contribution in [2.24, 2.45) is 0 Å². The number of ether oxygens (including phenoxy) is 4. The smallest absolute Gasteiger partial charge is 0.416 e. The summed E-state index contributed by atoms with van der Waals surface area (Å²) < 4.78 is 20.6. The number of alkyl halides is 1. The number of carbonyl (C=O) groups is 2. The molecule has 0 saturated heterocycles. The van der Waals surface area contributed by atoms with Crippen LogP contribution in [-0.2, 0) is 16.1 Å². The second kappa shape index (κ2) is 11.2. The fraction of sp³-hybridized carbons (Fsp3) is 0.300. The zero-order valence-electron chi connectivity index (χ0n) is 15.7. The van der Waals surface area contributed by atoms with Gasteiger partial charge in [0.1, 0.15) is 23.8 Å². The van der Waals surface area contributed by atoms with Crippen LogP contribution in [0.1, 0.15) is 5.56 Å². The Kier molecular flexibility index (Phi) is 8.61. The fourth-order valence-corrected chi connectivity index (χ4v) is 2.44. The van der Waals surface area contributed by atoms with Crippen LogP contribution in [-0.4, -0.2) is 49.7 Å². The number of carbonyl (C=O) groups excluding carboxylic acids is 2. The molecule has 7 nitrogen and oxygen atoms in total. The lowest BCUT2D eigenvalue weighted by atomic mass is 10.2. The molecule has 150 valence electrons. The summed E-state index contributed by atoms with van der Waals surface area (Å²) in [5.41, 5.74) is 0.821. The molecule has 0 heterocycles. The van der Waals surface area contributed by atoms with Gasteiger partial charge in [-0.25, -0.2) is 4.79 Å². The average molecular weight is 452 g/mol. The number of benzene rings is 2. The zero-order chi connectivity index (χ0) is 20.4. The highest BCUT2D eigenvalue weighted by atomic mass is 79.9. The summed E-state index contributed by atoms with van der Waals surface area (Å²) in [6.07, 6.45) is -0.657. The highest BCUT2D eigenvalue weighted by Gasteiger charge is 2.20. The van der Waals surface area contributed by atoms with E-state index in [9.17, 15) is 9.59 Å². The Morgan fingerprint density at radius 1 is 0.929 bits per heavy atom. The minimum absolute atomic E-state index is 0.183. The molecule has 2 aromatic rings. The molecule has 0 radical (unpaired) electrons. The number of esters is 1. The third-order valence-corrected chi connectivity index (χ3v) is 4.04. The lowest BCUT2D eigenvalue weighted by Crippen LogP contribution is -2.37. The molecule has 0 fully saturated rings. The Morgan fingerprint density at radius 3 is 2.11 bits per heavy atom. The van der Waals surface area contributed by atoms with E-state index in [1.54, 1.807) is 31.4 Å². The zero-order valence-corrected chi connectivity index (χ0v) is 17.3. The molecule has 0 unspecified atom stereocenters. The SMILES string of the molecule is COC(=O)CN(Cc1ccc(OCCBr)cc1)C(=O)Oc1ccc(OC)cc1. The van der Waals surface area contributed by atoms with Gasteiger partial charge in [0.25, 0.3) is 0 Å². The lowest BCUT2D eigenvalue weighted by molar-refractivity contribution is -0.141. The van der Waals surface area contributed by atoms with Crippen molar-refractivity contribution >= 4 is 28.0 Å². The minimum Gasteiger partial charge on any atom is -0.497 e. The first-order valence-corrected chi connectivity index (χ1v) is 9.63. The maximum atomic E-state index is 12.6. The monoisotopic (exact) mass is 451 g/mol. The number of rotatable bonds is 9. The summed E-state index contributed by atoms with van der Waals surface area (Å²) >= 11 is 3.30. The summed E-state index contributed by atoms with van der Waals surface area (Å²) in [7, 11) is 2.82. The molecular weight excluding hydrogens is 430 g/mol. The molecule has 28 heavy (non-hydrogen) atoms. The summed E-state index contributed by atoms with van der Waals surface area (Å²) in [4.78, 5) is 25.5. The van der Waals surface area contributed by atoms with Gasteiger partial charge in [0.2, 0.25) is 0 Å². The summed E-state index contributed by atoms with van der Waals surface area (Å²) in [6, 6.07) is 13.9. The Labute approximate surface area is 172 Å². The van der Waals surface area contributed by atoms with Crippen LogP contribution in [0.4, 0.5) is 4.79 Å². The van der Waals surface area contributed by atoms with E-state index in [0.29, 0.717) is 18.1 Å². The normalized spacial score (nSPS) is 10.1. The van der Waals surface area contributed by atoms with Crippen molar-refractivity contribution in [2.45, 2.75) is 6.54 Å². The molecule has 0 bridgehead atoms. The molecule has 1 amide bonds. The molecule has 0 spiro atoms. The molecule has 0 atom stereocenters. The number of nitrogens with zero attached hydrogens (tertiary/aromatic N) is 1. The van der Waals surface area contributed by atoms with Crippen LogP contribution in [0.2, 0.25) is 0 Å². The molecule has 0 aliphatic rings. The van der Waals surface area contributed by atoms with E-state index >= 15 is 0 Å². The van der Waals surface area contributed by atoms with Crippen molar-refractivity contribution < 1.29 is 28.5 Å². The maximum absolute atomic E-state index is 12.6. The first-order chi connectivity index (χ1) is 13.5. The number of hydrogen-bond acceptors (Lipinski definition) is 6. The predicted molar refractivity (Wildman–Crippen MR) is 107 cm³/mol. The van der Waals surface area contributed by atoms with E-state index in [4.69, 9.17) is 14.2 Å². The van der Waals surface area contributed by atoms with Gasteiger partial charge < -0.3 is 18.9 Å². The van der Waals surface area contributed by atoms with Crippen molar-refractivity contribution in [3.63, 3.8) is 0 Å². The molecule has 0 aliphatic carbocycles. The third-order valence-electron chi connectivity index (χ3n) is 3.71. The average Bonchev–Trinajstić information content (AvgIpc) is 2.73. The molecule has 0 aromatic heterocycles. The molecule has 8 heteroatoms. The summed E-state index contributed by atoms with van der Waals surface area (Å²) in [6.45, 7) is 0.512. The van der Waals surface area contributed by atoms with E-state index in [2.05, 4.69) is 20.7 Å². The van der Waals surface area contributed by atoms with Crippen LogP contribution < -0.4 is 14.2 Å². The van der Waals surface area contributed by atoms with Gasteiger partial charge >= 0.3 is 12.1 Å². The molecule has 0 saturated carbocycles. The Bertz CT molecular complexity index is 763. The third kappa shape index (κ3) is 6.77. The number of hydrogen-bond donors (Lipinski definition) is 0. The molecular formula is C20H22BrNO6. The maximum Gasteiger partial charge on any atom is 0.416 e. The highest BCUT2D eigenvalue weighted by Crippen LogP contribution is 2.19. The minimum atomic E-state index is -0.657. The van der Waals surface area contributed by atoms with E-state index in [0.717, 1.165) is 16.6 Å². The number of halogens is 1. The topological polar surface area (TPSA) is 74.3 Å². The second-order valence-electron chi connectivity index (χ2n) is 5.66. The first kappa shape index (κ1) is 21.6. The first-order valence-electron chi connectivity index (χ1n) is 8.51. The van der Waals surface area contributed by atoms with E-state index < -0.39 is 12.1 Å². The van der Waals surface area contributed by atoms with Crippen LogP contribution in [0.3, 0.4) is 0 Å². The molecule has 0 N–H and O–H groups in total. The van der Waals surface area contributed by atoms with Gasteiger partial charge in [-0.3, -0.25) is 9.69 Å². The highest BCUT2D eigenvalue weighted by molar-refractivity contribution is 9.09.